The molecule has 3 nitrogen and oxygen atoms in total. The highest BCUT2D eigenvalue weighted by atomic mass is 35.5. The molecule has 0 spiro atoms. The fourth-order valence-electron chi connectivity index (χ4n) is 0.719. The van der Waals surface area contributed by atoms with Crippen LogP contribution >= 0.6 is 23.2 Å². The quantitative estimate of drug-likeness (QED) is 0.546. The van der Waals surface area contributed by atoms with E-state index in [4.69, 9.17) is 23.2 Å². The van der Waals surface area contributed by atoms with Crippen LogP contribution in [0.2, 0.25) is 5.15 Å². The van der Waals surface area contributed by atoms with E-state index in [1.54, 1.807) is 11.0 Å². The zero-order chi connectivity index (χ0) is 9.14. The minimum Gasteiger partial charge on any atom is -0.347 e. The summed E-state index contributed by atoms with van der Waals surface area (Å²) >= 11 is 11.3. The van der Waals surface area contributed by atoms with Gasteiger partial charge in [0.2, 0.25) is 5.95 Å². The largest absolute Gasteiger partial charge is 0.347 e. The van der Waals surface area contributed by atoms with Gasteiger partial charge in [-0.05, 0) is 6.07 Å². The third kappa shape index (κ3) is 2.22. The Balaban J connectivity index is 3.06. The summed E-state index contributed by atoms with van der Waals surface area (Å²) in [5.41, 5.74) is 0.736. The summed E-state index contributed by atoms with van der Waals surface area (Å²) in [6.45, 7) is 0. The van der Waals surface area contributed by atoms with E-state index in [1.807, 2.05) is 14.1 Å². The molecule has 0 saturated carbocycles. The van der Waals surface area contributed by atoms with E-state index in [9.17, 15) is 0 Å². The second-order valence-electron chi connectivity index (χ2n) is 2.51. The Morgan fingerprint density at radius 2 is 2.08 bits per heavy atom. The SMILES string of the molecule is CN(C)c1nc(Cl)cc(CCl)n1. The molecule has 0 fully saturated rings. The second kappa shape index (κ2) is 3.92. The highest BCUT2D eigenvalue weighted by molar-refractivity contribution is 6.29. The second-order valence-corrected chi connectivity index (χ2v) is 3.16. The number of aromatic nitrogens is 2. The predicted molar refractivity (Wildman–Crippen MR) is 50.9 cm³/mol. The van der Waals surface area contributed by atoms with Crippen molar-refractivity contribution in [2.24, 2.45) is 0 Å². The van der Waals surface area contributed by atoms with Crippen molar-refractivity contribution in [3.63, 3.8) is 0 Å². The van der Waals surface area contributed by atoms with Crippen LogP contribution < -0.4 is 4.90 Å². The maximum Gasteiger partial charge on any atom is 0.226 e. The number of nitrogens with zero attached hydrogens (tertiary/aromatic N) is 3. The molecule has 1 aromatic heterocycles. The van der Waals surface area contributed by atoms with Crippen molar-refractivity contribution >= 4 is 29.2 Å². The van der Waals surface area contributed by atoms with Crippen molar-refractivity contribution in [3.8, 4) is 0 Å². The molecule has 0 amide bonds. The first-order valence-electron chi connectivity index (χ1n) is 3.40. The fourth-order valence-corrected chi connectivity index (χ4v) is 1.06. The summed E-state index contributed by atoms with van der Waals surface area (Å²) in [4.78, 5) is 9.93. The molecule has 5 heteroatoms. The van der Waals surface area contributed by atoms with Crippen molar-refractivity contribution in [3.05, 3.63) is 16.9 Å². The highest BCUT2D eigenvalue weighted by Crippen LogP contribution is 2.13. The minimum atomic E-state index is 0.350. The number of anilines is 1. The summed E-state index contributed by atoms with van der Waals surface area (Å²) < 4.78 is 0. The van der Waals surface area contributed by atoms with E-state index < -0.39 is 0 Å². The van der Waals surface area contributed by atoms with Crippen LogP contribution in [0.25, 0.3) is 0 Å². The summed E-state index contributed by atoms with van der Waals surface area (Å²) in [7, 11) is 3.70. The lowest BCUT2D eigenvalue weighted by molar-refractivity contribution is 0.972. The molecule has 0 unspecified atom stereocenters. The van der Waals surface area contributed by atoms with Gasteiger partial charge < -0.3 is 4.90 Å². The molecule has 0 radical (unpaired) electrons. The Kier molecular flexibility index (Phi) is 3.12. The summed E-state index contributed by atoms with van der Waals surface area (Å²) in [5, 5.41) is 0.421. The number of halogens is 2. The van der Waals surface area contributed by atoms with Gasteiger partial charge in [0.25, 0.3) is 0 Å². The summed E-state index contributed by atoms with van der Waals surface area (Å²) in [6.07, 6.45) is 0. The van der Waals surface area contributed by atoms with E-state index >= 15 is 0 Å². The van der Waals surface area contributed by atoms with Gasteiger partial charge in [-0.25, -0.2) is 9.97 Å². The van der Waals surface area contributed by atoms with E-state index in [2.05, 4.69) is 9.97 Å². The molecular formula is C7H9Cl2N3. The van der Waals surface area contributed by atoms with Crippen LogP contribution in [0.1, 0.15) is 5.69 Å². The van der Waals surface area contributed by atoms with Crippen molar-refractivity contribution in [2.45, 2.75) is 5.88 Å². The van der Waals surface area contributed by atoms with E-state index in [0.717, 1.165) is 5.69 Å². The van der Waals surface area contributed by atoms with Crippen LogP contribution in [0.5, 0.6) is 0 Å². The fraction of sp³-hybridized carbons (Fsp3) is 0.429. The van der Waals surface area contributed by atoms with Gasteiger partial charge in [0.05, 0.1) is 11.6 Å². The van der Waals surface area contributed by atoms with Crippen molar-refractivity contribution in [2.75, 3.05) is 19.0 Å². The van der Waals surface area contributed by atoms with Gasteiger partial charge in [-0.2, -0.15) is 0 Å². The first-order valence-corrected chi connectivity index (χ1v) is 4.31. The molecule has 1 rings (SSSR count). The standard InChI is InChI=1S/C7H9Cl2N3/c1-12(2)7-10-5(4-8)3-6(9)11-7/h3H,4H2,1-2H3. The average molecular weight is 206 g/mol. The molecule has 12 heavy (non-hydrogen) atoms. The van der Waals surface area contributed by atoms with E-state index in [0.29, 0.717) is 17.0 Å². The number of hydrogen-bond acceptors (Lipinski definition) is 3. The van der Waals surface area contributed by atoms with Crippen LogP contribution in [0.4, 0.5) is 5.95 Å². The Morgan fingerprint density at radius 1 is 1.42 bits per heavy atom. The van der Waals surface area contributed by atoms with Gasteiger partial charge in [0.15, 0.2) is 0 Å². The van der Waals surface area contributed by atoms with Crippen LogP contribution in [0.3, 0.4) is 0 Å². The lowest BCUT2D eigenvalue weighted by Crippen LogP contribution is -2.13. The van der Waals surface area contributed by atoms with Crippen molar-refractivity contribution in [1.82, 2.24) is 9.97 Å². The molecule has 0 bridgehead atoms. The molecule has 0 aliphatic carbocycles. The monoisotopic (exact) mass is 205 g/mol. The van der Waals surface area contributed by atoms with Gasteiger partial charge in [0.1, 0.15) is 5.15 Å². The zero-order valence-electron chi connectivity index (χ0n) is 6.88. The normalized spacial score (nSPS) is 10.0. The van der Waals surface area contributed by atoms with Crippen LogP contribution in [0.15, 0.2) is 6.07 Å². The van der Waals surface area contributed by atoms with Crippen LogP contribution in [-0.2, 0) is 5.88 Å². The lowest BCUT2D eigenvalue weighted by Gasteiger charge is -2.10. The van der Waals surface area contributed by atoms with E-state index in [1.165, 1.54) is 0 Å². The first kappa shape index (κ1) is 9.55. The van der Waals surface area contributed by atoms with Gasteiger partial charge >= 0.3 is 0 Å². The zero-order valence-corrected chi connectivity index (χ0v) is 8.39. The topological polar surface area (TPSA) is 29.0 Å². The van der Waals surface area contributed by atoms with Crippen molar-refractivity contribution < 1.29 is 0 Å². The van der Waals surface area contributed by atoms with Crippen molar-refractivity contribution in [1.29, 1.82) is 0 Å². The molecule has 0 atom stereocenters. The Hall–Kier alpha value is -0.540. The maximum atomic E-state index is 5.74. The molecule has 0 aromatic carbocycles. The van der Waals surface area contributed by atoms with Gasteiger partial charge in [-0.3, -0.25) is 0 Å². The molecule has 66 valence electrons. The maximum absolute atomic E-state index is 5.74. The smallest absolute Gasteiger partial charge is 0.226 e. The average Bonchev–Trinajstić information content (AvgIpc) is 2.03. The number of hydrogen-bond donors (Lipinski definition) is 0. The van der Waals surface area contributed by atoms with Gasteiger partial charge in [0, 0.05) is 14.1 Å². The minimum absolute atomic E-state index is 0.350. The molecule has 0 aliphatic rings. The first-order chi connectivity index (χ1) is 5.63. The Morgan fingerprint density at radius 3 is 2.58 bits per heavy atom. The molecule has 0 saturated heterocycles. The third-order valence-electron chi connectivity index (χ3n) is 1.27. The Labute approximate surface area is 81.3 Å². The Bertz CT molecular complexity index is 275. The predicted octanol–water partition coefficient (Wildman–Crippen LogP) is 1.93. The number of rotatable bonds is 2. The molecular weight excluding hydrogens is 197 g/mol. The van der Waals surface area contributed by atoms with E-state index in [-0.39, 0.29) is 0 Å². The molecule has 1 heterocycles. The third-order valence-corrected chi connectivity index (χ3v) is 1.74. The highest BCUT2D eigenvalue weighted by Gasteiger charge is 2.03. The number of alkyl halides is 1. The van der Waals surface area contributed by atoms with Crippen LogP contribution in [-0.4, -0.2) is 24.1 Å². The summed E-state index contributed by atoms with van der Waals surface area (Å²) in [6, 6.07) is 1.65. The molecule has 0 aliphatic heterocycles. The van der Waals surface area contributed by atoms with Crippen LogP contribution in [0, 0.1) is 0 Å². The van der Waals surface area contributed by atoms with Gasteiger partial charge in [-0.15, -0.1) is 11.6 Å². The molecule has 0 N–H and O–H groups in total. The molecule has 1 aromatic rings. The lowest BCUT2D eigenvalue weighted by atomic mass is 10.4. The van der Waals surface area contributed by atoms with Gasteiger partial charge in [-0.1, -0.05) is 11.6 Å². The summed E-state index contributed by atoms with van der Waals surface area (Å²) in [5.74, 6) is 0.932.